The van der Waals surface area contributed by atoms with E-state index in [-0.39, 0.29) is 24.5 Å². The van der Waals surface area contributed by atoms with E-state index < -0.39 is 5.97 Å². The van der Waals surface area contributed by atoms with Crippen LogP contribution in [0, 0.1) is 0 Å². The highest BCUT2D eigenvalue weighted by Crippen LogP contribution is 2.10. The van der Waals surface area contributed by atoms with Crippen LogP contribution in [0.3, 0.4) is 0 Å². The number of nitrogens with zero attached hydrogens (tertiary/aromatic N) is 1. The minimum atomic E-state index is -0.401. The van der Waals surface area contributed by atoms with E-state index in [9.17, 15) is 14.4 Å². The molecule has 7 heteroatoms. The molecule has 0 radical (unpaired) electrons. The van der Waals surface area contributed by atoms with Crippen LogP contribution >= 0.6 is 0 Å². The van der Waals surface area contributed by atoms with Crippen molar-refractivity contribution in [2.24, 2.45) is 0 Å². The van der Waals surface area contributed by atoms with Crippen molar-refractivity contribution in [3.63, 3.8) is 0 Å². The SMILES string of the molecule is CCOC(=O)COCCNC1CCC(=O)N(C)C1=O. The molecule has 0 aliphatic carbocycles. The summed E-state index contributed by atoms with van der Waals surface area (Å²) in [6.07, 6.45) is 0.865. The lowest BCUT2D eigenvalue weighted by Gasteiger charge is -2.28. The molecule has 1 heterocycles. The van der Waals surface area contributed by atoms with E-state index >= 15 is 0 Å². The first-order chi connectivity index (χ1) is 9.06. The predicted molar refractivity (Wildman–Crippen MR) is 66.3 cm³/mol. The van der Waals surface area contributed by atoms with Gasteiger partial charge in [-0.15, -0.1) is 0 Å². The van der Waals surface area contributed by atoms with Crippen LogP contribution in [0.15, 0.2) is 0 Å². The quantitative estimate of drug-likeness (QED) is 0.375. The van der Waals surface area contributed by atoms with E-state index in [1.165, 1.54) is 7.05 Å². The van der Waals surface area contributed by atoms with Gasteiger partial charge < -0.3 is 14.8 Å². The molecule has 19 heavy (non-hydrogen) atoms. The fraction of sp³-hybridized carbons (Fsp3) is 0.750. The number of likely N-dealkylation sites (tertiary alicyclic amines) is 1. The van der Waals surface area contributed by atoms with Crippen molar-refractivity contribution < 1.29 is 23.9 Å². The smallest absolute Gasteiger partial charge is 0.332 e. The molecule has 0 spiro atoms. The van der Waals surface area contributed by atoms with Crippen LogP contribution in [0.2, 0.25) is 0 Å². The Hall–Kier alpha value is -1.47. The highest BCUT2D eigenvalue weighted by molar-refractivity contribution is 6.00. The molecule has 2 amide bonds. The molecule has 0 bridgehead atoms. The molecule has 0 aromatic heterocycles. The van der Waals surface area contributed by atoms with Crippen LogP contribution < -0.4 is 5.32 Å². The number of nitrogens with one attached hydrogen (secondary N) is 1. The van der Waals surface area contributed by atoms with Crippen LogP contribution in [0.5, 0.6) is 0 Å². The van der Waals surface area contributed by atoms with E-state index in [2.05, 4.69) is 5.32 Å². The van der Waals surface area contributed by atoms with Crippen LogP contribution in [0.25, 0.3) is 0 Å². The lowest BCUT2D eigenvalue weighted by Crippen LogP contribution is -2.52. The van der Waals surface area contributed by atoms with Crippen LogP contribution in [-0.2, 0) is 23.9 Å². The normalized spacial score (nSPS) is 19.7. The molecule has 1 N–H and O–H groups in total. The molecule has 0 aromatic rings. The van der Waals surface area contributed by atoms with Crippen molar-refractivity contribution in [1.82, 2.24) is 10.2 Å². The first-order valence-electron chi connectivity index (χ1n) is 6.33. The Labute approximate surface area is 112 Å². The summed E-state index contributed by atoms with van der Waals surface area (Å²) in [5, 5.41) is 3.01. The highest BCUT2D eigenvalue weighted by atomic mass is 16.6. The third kappa shape index (κ3) is 4.96. The van der Waals surface area contributed by atoms with Crippen molar-refractivity contribution in [1.29, 1.82) is 0 Å². The van der Waals surface area contributed by atoms with E-state index in [1.807, 2.05) is 0 Å². The molecular weight excluding hydrogens is 252 g/mol. The fourth-order valence-corrected chi connectivity index (χ4v) is 1.77. The van der Waals surface area contributed by atoms with E-state index in [0.29, 0.717) is 32.6 Å². The van der Waals surface area contributed by atoms with E-state index in [1.54, 1.807) is 6.92 Å². The third-order valence-electron chi connectivity index (χ3n) is 2.81. The number of ether oxygens (including phenoxy) is 2. The Balaban J connectivity index is 2.14. The molecule has 1 unspecified atom stereocenters. The van der Waals surface area contributed by atoms with Gasteiger partial charge in [0, 0.05) is 20.0 Å². The van der Waals surface area contributed by atoms with Crippen molar-refractivity contribution in [3.05, 3.63) is 0 Å². The molecule has 108 valence electrons. The lowest BCUT2D eigenvalue weighted by molar-refractivity contribution is -0.150. The zero-order chi connectivity index (χ0) is 14.3. The van der Waals surface area contributed by atoms with Crippen LogP contribution in [-0.4, -0.2) is 62.1 Å². The molecule has 1 atom stereocenters. The predicted octanol–water partition coefficient (Wildman–Crippen LogP) is -0.697. The maximum absolute atomic E-state index is 11.7. The summed E-state index contributed by atoms with van der Waals surface area (Å²) in [6, 6.07) is -0.353. The van der Waals surface area contributed by atoms with Crippen LogP contribution in [0.4, 0.5) is 0 Å². The number of esters is 1. The first kappa shape index (κ1) is 15.6. The van der Waals surface area contributed by atoms with Gasteiger partial charge in [0.1, 0.15) is 6.61 Å². The molecule has 0 aromatic carbocycles. The second kappa shape index (κ2) is 7.85. The summed E-state index contributed by atoms with van der Waals surface area (Å²) in [6.45, 7) is 2.72. The minimum Gasteiger partial charge on any atom is -0.464 e. The van der Waals surface area contributed by atoms with Gasteiger partial charge in [0.2, 0.25) is 11.8 Å². The topological polar surface area (TPSA) is 84.9 Å². The molecule has 7 nitrogen and oxygen atoms in total. The Morgan fingerprint density at radius 2 is 2.21 bits per heavy atom. The Morgan fingerprint density at radius 1 is 1.47 bits per heavy atom. The second-order valence-corrected chi connectivity index (χ2v) is 4.19. The number of carbonyl (C=O) groups is 3. The maximum atomic E-state index is 11.7. The number of imide groups is 1. The van der Waals surface area contributed by atoms with Gasteiger partial charge in [-0.3, -0.25) is 14.5 Å². The number of hydrogen-bond donors (Lipinski definition) is 1. The monoisotopic (exact) mass is 272 g/mol. The molecule has 1 aliphatic rings. The second-order valence-electron chi connectivity index (χ2n) is 4.19. The molecule has 1 aliphatic heterocycles. The summed E-state index contributed by atoms with van der Waals surface area (Å²) >= 11 is 0. The number of hydrogen-bond acceptors (Lipinski definition) is 6. The lowest BCUT2D eigenvalue weighted by atomic mass is 10.0. The van der Waals surface area contributed by atoms with Gasteiger partial charge in [-0.1, -0.05) is 0 Å². The zero-order valence-corrected chi connectivity index (χ0v) is 11.3. The average Bonchev–Trinajstić information content (AvgIpc) is 2.38. The number of amides is 2. The highest BCUT2D eigenvalue weighted by Gasteiger charge is 2.30. The Kier molecular flexibility index (Phi) is 6.44. The minimum absolute atomic E-state index is 0.0908. The summed E-state index contributed by atoms with van der Waals surface area (Å²) in [5.41, 5.74) is 0. The van der Waals surface area contributed by atoms with Gasteiger partial charge >= 0.3 is 5.97 Å². The van der Waals surface area contributed by atoms with Crippen molar-refractivity contribution >= 4 is 17.8 Å². The zero-order valence-electron chi connectivity index (χ0n) is 11.3. The number of rotatable bonds is 7. The first-order valence-corrected chi connectivity index (χ1v) is 6.33. The average molecular weight is 272 g/mol. The standard InChI is InChI=1S/C12H20N2O5/c1-3-19-11(16)8-18-7-6-13-9-4-5-10(15)14(2)12(9)17/h9,13H,3-8H2,1-2H3. The Morgan fingerprint density at radius 3 is 2.89 bits per heavy atom. The largest absolute Gasteiger partial charge is 0.464 e. The van der Waals surface area contributed by atoms with E-state index in [0.717, 1.165) is 4.90 Å². The molecule has 1 fully saturated rings. The van der Waals surface area contributed by atoms with Gasteiger partial charge in [0.15, 0.2) is 0 Å². The van der Waals surface area contributed by atoms with Crippen molar-refractivity contribution in [2.45, 2.75) is 25.8 Å². The third-order valence-corrected chi connectivity index (χ3v) is 2.81. The van der Waals surface area contributed by atoms with Gasteiger partial charge in [-0.2, -0.15) is 0 Å². The van der Waals surface area contributed by atoms with Gasteiger partial charge in [-0.05, 0) is 13.3 Å². The molecule has 0 saturated carbocycles. The van der Waals surface area contributed by atoms with Gasteiger partial charge in [0.05, 0.1) is 19.3 Å². The maximum Gasteiger partial charge on any atom is 0.332 e. The van der Waals surface area contributed by atoms with Gasteiger partial charge in [0.25, 0.3) is 0 Å². The number of carbonyl (C=O) groups excluding carboxylic acids is 3. The summed E-state index contributed by atoms with van der Waals surface area (Å²) in [4.78, 5) is 35.1. The van der Waals surface area contributed by atoms with Crippen LogP contribution in [0.1, 0.15) is 19.8 Å². The van der Waals surface area contributed by atoms with Crippen molar-refractivity contribution in [2.75, 3.05) is 33.4 Å². The summed E-state index contributed by atoms with van der Waals surface area (Å²) < 4.78 is 9.79. The van der Waals surface area contributed by atoms with E-state index in [4.69, 9.17) is 9.47 Å². The summed E-state index contributed by atoms with van der Waals surface area (Å²) in [5.74, 6) is -0.773. The molecule has 1 rings (SSSR count). The molecule has 1 saturated heterocycles. The fourth-order valence-electron chi connectivity index (χ4n) is 1.77. The van der Waals surface area contributed by atoms with Crippen molar-refractivity contribution in [3.8, 4) is 0 Å². The number of likely N-dealkylation sites (N-methyl/N-ethyl adjacent to an activating group) is 1. The number of piperidine rings is 1. The van der Waals surface area contributed by atoms with Gasteiger partial charge in [-0.25, -0.2) is 4.79 Å². The summed E-state index contributed by atoms with van der Waals surface area (Å²) in [7, 11) is 1.48. The Bertz CT molecular complexity index is 345. The molecular formula is C12H20N2O5.